The van der Waals surface area contributed by atoms with E-state index in [-0.39, 0.29) is 12.4 Å². The van der Waals surface area contributed by atoms with Crippen molar-refractivity contribution in [2.24, 2.45) is 0 Å². The van der Waals surface area contributed by atoms with Crippen LogP contribution in [-0.2, 0) is 6.61 Å². The Morgan fingerprint density at radius 1 is 1.26 bits per heavy atom. The summed E-state index contributed by atoms with van der Waals surface area (Å²) in [6.07, 6.45) is -0.639. The Balaban J connectivity index is 2.17. The Morgan fingerprint density at radius 3 is 2.74 bits per heavy atom. The van der Waals surface area contributed by atoms with Gasteiger partial charge in [0.05, 0.1) is 6.10 Å². The molecule has 0 bridgehead atoms. The first-order valence-corrected chi connectivity index (χ1v) is 6.29. The van der Waals surface area contributed by atoms with E-state index in [9.17, 15) is 9.50 Å². The van der Waals surface area contributed by atoms with E-state index >= 15 is 0 Å². The minimum atomic E-state index is -0.639. The number of para-hydroxylation sites is 1. The van der Waals surface area contributed by atoms with Gasteiger partial charge in [0.25, 0.3) is 0 Å². The van der Waals surface area contributed by atoms with Crippen LogP contribution in [0.1, 0.15) is 24.2 Å². The first-order valence-electron chi connectivity index (χ1n) is 5.91. The quantitative estimate of drug-likeness (QED) is 0.913. The van der Waals surface area contributed by atoms with Gasteiger partial charge in [-0.05, 0) is 31.2 Å². The van der Waals surface area contributed by atoms with E-state index in [0.29, 0.717) is 21.9 Å². The number of aliphatic hydroxyl groups is 1. The smallest absolute Gasteiger partial charge is 0.129 e. The fraction of sp³-hybridized carbons (Fsp3) is 0.200. The summed E-state index contributed by atoms with van der Waals surface area (Å²) >= 11 is 5.82. The maximum absolute atomic E-state index is 13.5. The van der Waals surface area contributed by atoms with Crippen LogP contribution in [0.4, 0.5) is 4.39 Å². The van der Waals surface area contributed by atoms with Crippen LogP contribution in [0.15, 0.2) is 42.5 Å². The second kappa shape index (κ2) is 6.04. The maximum atomic E-state index is 13.5. The summed E-state index contributed by atoms with van der Waals surface area (Å²) in [4.78, 5) is 0. The highest BCUT2D eigenvalue weighted by Crippen LogP contribution is 2.26. The molecule has 2 aromatic carbocycles. The minimum absolute atomic E-state index is 0.0656. The molecule has 0 aliphatic heterocycles. The molecule has 0 fully saturated rings. The van der Waals surface area contributed by atoms with Crippen LogP contribution in [0.3, 0.4) is 0 Å². The normalized spacial score (nSPS) is 12.2. The third-order valence-corrected chi connectivity index (χ3v) is 3.00. The van der Waals surface area contributed by atoms with Gasteiger partial charge in [-0.3, -0.25) is 0 Å². The molecule has 0 aromatic heterocycles. The van der Waals surface area contributed by atoms with Crippen molar-refractivity contribution in [2.45, 2.75) is 19.6 Å². The van der Waals surface area contributed by atoms with Crippen molar-refractivity contribution in [3.8, 4) is 5.75 Å². The monoisotopic (exact) mass is 280 g/mol. The average Bonchev–Trinajstić information content (AvgIpc) is 2.40. The zero-order valence-electron chi connectivity index (χ0n) is 10.4. The average molecular weight is 281 g/mol. The molecular weight excluding hydrogens is 267 g/mol. The summed E-state index contributed by atoms with van der Waals surface area (Å²) in [5.74, 6) is 0.177. The molecule has 0 unspecified atom stereocenters. The molecule has 1 atom stereocenters. The Morgan fingerprint density at radius 2 is 2.00 bits per heavy atom. The van der Waals surface area contributed by atoms with Gasteiger partial charge in [-0.2, -0.15) is 0 Å². The lowest BCUT2D eigenvalue weighted by molar-refractivity contribution is 0.190. The van der Waals surface area contributed by atoms with Gasteiger partial charge in [-0.1, -0.05) is 29.8 Å². The zero-order chi connectivity index (χ0) is 13.8. The standard InChI is InChI=1S/C15H14ClFO2/c1-10(18)13-4-2-3-5-15(13)19-9-11-8-12(16)6-7-14(11)17/h2-8,10,18H,9H2,1H3/t10-/m1/s1. The molecule has 19 heavy (non-hydrogen) atoms. The number of benzene rings is 2. The van der Waals surface area contributed by atoms with Crippen LogP contribution < -0.4 is 4.74 Å². The SMILES string of the molecule is C[C@@H](O)c1ccccc1OCc1cc(Cl)ccc1F. The van der Waals surface area contributed by atoms with Gasteiger partial charge in [0.2, 0.25) is 0 Å². The molecule has 2 rings (SSSR count). The predicted octanol–water partition coefficient (Wildman–Crippen LogP) is 4.11. The molecule has 0 amide bonds. The zero-order valence-corrected chi connectivity index (χ0v) is 11.2. The highest BCUT2D eigenvalue weighted by Gasteiger charge is 2.10. The molecular formula is C15H14ClFO2. The number of ether oxygens (including phenoxy) is 1. The first-order chi connectivity index (χ1) is 9.08. The Hall–Kier alpha value is -1.58. The van der Waals surface area contributed by atoms with Crippen molar-refractivity contribution >= 4 is 11.6 Å². The molecule has 0 saturated heterocycles. The van der Waals surface area contributed by atoms with E-state index in [2.05, 4.69) is 0 Å². The summed E-state index contributed by atoms with van der Waals surface area (Å²) < 4.78 is 19.1. The maximum Gasteiger partial charge on any atom is 0.129 e. The second-order valence-corrected chi connectivity index (χ2v) is 4.67. The van der Waals surface area contributed by atoms with Crippen molar-refractivity contribution in [3.63, 3.8) is 0 Å². The molecule has 0 spiro atoms. The fourth-order valence-electron chi connectivity index (χ4n) is 1.77. The lowest BCUT2D eigenvalue weighted by Gasteiger charge is -2.13. The lowest BCUT2D eigenvalue weighted by atomic mass is 10.1. The van der Waals surface area contributed by atoms with Crippen LogP contribution in [-0.4, -0.2) is 5.11 Å². The number of hydrogen-bond acceptors (Lipinski definition) is 2. The van der Waals surface area contributed by atoms with Gasteiger partial charge < -0.3 is 9.84 Å². The van der Waals surface area contributed by atoms with Crippen molar-refractivity contribution in [3.05, 3.63) is 64.4 Å². The summed E-state index contributed by atoms with van der Waals surface area (Å²) in [6, 6.07) is 11.5. The van der Waals surface area contributed by atoms with Gasteiger partial charge in [0.15, 0.2) is 0 Å². The molecule has 4 heteroatoms. The molecule has 1 N–H and O–H groups in total. The minimum Gasteiger partial charge on any atom is -0.488 e. The van der Waals surface area contributed by atoms with Crippen molar-refractivity contribution < 1.29 is 14.2 Å². The molecule has 0 radical (unpaired) electrons. The van der Waals surface area contributed by atoms with Crippen LogP contribution in [0.5, 0.6) is 5.75 Å². The molecule has 0 aliphatic carbocycles. The third-order valence-electron chi connectivity index (χ3n) is 2.76. The van der Waals surface area contributed by atoms with E-state index in [0.717, 1.165) is 0 Å². The van der Waals surface area contributed by atoms with E-state index in [1.165, 1.54) is 18.2 Å². The van der Waals surface area contributed by atoms with Gasteiger partial charge >= 0.3 is 0 Å². The summed E-state index contributed by atoms with van der Waals surface area (Å²) in [5.41, 5.74) is 1.05. The van der Waals surface area contributed by atoms with Gasteiger partial charge in [-0.15, -0.1) is 0 Å². The Bertz CT molecular complexity index is 570. The summed E-state index contributed by atoms with van der Waals surface area (Å²) in [5, 5.41) is 10.1. The molecule has 2 nitrogen and oxygen atoms in total. The van der Waals surface area contributed by atoms with E-state index in [4.69, 9.17) is 16.3 Å². The Labute approximate surface area is 116 Å². The van der Waals surface area contributed by atoms with E-state index in [1.54, 1.807) is 25.1 Å². The van der Waals surface area contributed by atoms with Crippen LogP contribution in [0.2, 0.25) is 5.02 Å². The predicted molar refractivity (Wildman–Crippen MR) is 72.8 cm³/mol. The Kier molecular flexibility index (Phi) is 4.40. The summed E-state index contributed by atoms with van der Waals surface area (Å²) in [7, 11) is 0. The van der Waals surface area contributed by atoms with E-state index in [1.807, 2.05) is 6.07 Å². The van der Waals surface area contributed by atoms with Gasteiger partial charge in [0, 0.05) is 16.1 Å². The topological polar surface area (TPSA) is 29.5 Å². The van der Waals surface area contributed by atoms with Gasteiger partial charge in [-0.25, -0.2) is 4.39 Å². The third kappa shape index (κ3) is 3.46. The van der Waals surface area contributed by atoms with Crippen molar-refractivity contribution in [1.29, 1.82) is 0 Å². The fourth-order valence-corrected chi connectivity index (χ4v) is 1.96. The second-order valence-electron chi connectivity index (χ2n) is 4.24. The lowest BCUT2D eigenvalue weighted by Crippen LogP contribution is -2.02. The largest absolute Gasteiger partial charge is 0.488 e. The van der Waals surface area contributed by atoms with Crippen LogP contribution >= 0.6 is 11.6 Å². The van der Waals surface area contributed by atoms with E-state index < -0.39 is 6.10 Å². The molecule has 2 aromatic rings. The van der Waals surface area contributed by atoms with Gasteiger partial charge in [0.1, 0.15) is 18.2 Å². The molecule has 100 valence electrons. The highest BCUT2D eigenvalue weighted by atomic mass is 35.5. The van der Waals surface area contributed by atoms with Crippen molar-refractivity contribution in [2.75, 3.05) is 0 Å². The van der Waals surface area contributed by atoms with Crippen molar-refractivity contribution in [1.82, 2.24) is 0 Å². The molecule has 0 heterocycles. The number of hydrogen-bond donors (Lipinski definition) is 1. The summed E-state index contributed by atoms with van der Waals surface area (Å²) in [6.45, 7) is 1.72. The first kappa shape index (κ1) is 13.8. The molecule has 0 saturated carbocycles. The highest BCUT2D eigenvalue weighted by molar-refractivity contribution is 6.30. The van der Waals surface area contributed by atoms with Crippen LogP contribution in [0, 0.1) is 5.82 Å². The van der Waals surface area contributed by atoms with Crippen LogP contribution in [0.25, 0.3) is 0 Å². The number of rotatable bonds is 4. The number of aliphatic hydroxyl groups excluding tert-OH is 1. The number of halogens is 2. The molecule has 0 aliphatic rings.